The van der Waals surface area contributed by atoms with Crippen LogP contribution in [0.1, 0.15) is 33.6 Å². The molecule has 5 nitrogen and oxygen atoms in total. The van der Waals surface area contributed by atoms with E-state index in [9.17, 15) is 18.4 Å². The Hall–Kier alpha value is -1.40. The summed E-state index contributed by atoms with van der Waals surface area (Å²) in [6.07, 6.45) is -1.52. The highest BCUT2D eigenvalue weighted by atomic mass is 19.3. The second-order valence-electron chi connectivity index (χ2n) is 5.54. The SMILES string of the molecule is COC(=O)[C@H]1CCC(F)(F)CN1C(=O)OC(C)(C)C. The van der Waals surface area contributed by atoms with Crippen molar-refractivity contribution in [2.24, 2.45) is 0 Å². The first-order chi connectivity index (χ1) is 8.56. The van der Waals surface area contributed by atoms with Crippen molar-refractivity contribution < 1.29 is 27.8 Å². The predicted molar refractivity (Wildman–Crippen MR) is 62.9 cm³/mol. The zero-order valence-electron chi connectivity index (χ0n) is 11.5. The molecule has 1 rings (SSSR count). The first-order valence-electron chi connectivity index (χ1n) is 6.01. The summed E-state index contributed by atoms with van der Waals surface area (Å²) >= 11 is 0. The Balaban J connectivity index is 2.88. The summed E-state index contributed by atoms with van der Waals surface area (Å²) in [4.78, 5) is 24.2. The van der Waals surface area contributed by atoms with Gasteiger partial charge >= 0.3 is 12.1 Å². The third kappa shape index (κ3) is 4.33. The number of piperidine rings is 1. The van der Waals surface area contributed by atoms with Crippen LogP contribution in [0, 0.1) is 0 Å². The summed E-state index contributed by atoms with van der Waals surface area (Å²) in [5, 5.41) is 0. The maximum atomic E-state index is 13.4. The first kappa shape index (κ1) is 15.7. The summed E-state index contributed by atoms with van der Waals surface area (Å²) in [5.74, 6) is -3.72. The average Bonchev–Trinajstić information content (AvgIpc) is 2.24. The van der Waals surface area contributed by atoms with E-state index in [2.05, 4.69) is 4.74 Å². The Kier molecular flexibility index (Phi) is 4.37. The molecule has 19 heavy (non-hydrogen) atoms. The van der Waals surface area contributed by atoms with Crippen molar-refractivity contribution in [2.45, 2.75) is 51.2 Å². The zero-order valence-corrected chi connectivity index (χ0v) is 11.5. The van der Waals surface area contributed by atoms with E-state index in [1.807, 2.05) is 0 Å². The van der Waals surface area contributed by atoms with Gasteiger partial charge in [0.25, 0.3) is 5.92 Å². The number of esters is 1. The molecule has 7 heteroatoms. The standard InChI is InChI=1S/C12H19F2NO4/c1-11(2,3)19-10(17)15-7-12(13,14)6-5-8(15)9(16)18-4/h8H,5-7H2,1-4H3/t8-/m1/s1. The summed E-state index contributed by atoms with van der Waals surface area (Å²) in [6, 6.07) is -1.01. The van der Waals surface area contributed by atoms with Crippen LogP contribution in [-0.4, -0.2) is 48.2 Å². The fourth-order valence-corrected chi connectivity index (χ4v) is 1.84. The lowest BCUT2D eigenvalue weighted by Crippen LogP contribution is -2.55. The number of nitrogens with zero attached hydrogens (tertiary/aromatic N) is 1. The van der Waals surface area contributed by atoms with Crippen LogP contribution in [0.25, 0.3) is 0 Å². The zero-order chi connectivity index (χ0) is 14.8. The lowest BCUT2D eigenvalue weighted by Gasteiger charge is -2.38. The number of halogens is 2. The number of amides is 1. The Morgan fingerprint density at radius 3 is 2.37 bits per heavy atom. The van der Waals surface area contributed by atoms with Gasteiger partial charge in [0.05, 0.1) is 13.7 Å². The lowest BCUT2D eigenvalue weighted by atomic mass is 10.00. The molecule has 1 amide bonds. The molecule has 0 aromatic heterocycles. The van der Waals surface area contributed by atoms with E-state index in [0.717, 1.165) is 12.0 Å². The van der Waals surface area contributed by atoms with Gasteiger partial charge in [-0.15, -0.1) is 0 Å². The summed E-state index contributed by atoms with van der Waals surface area (Å²) in [5.41, 5.74) is -0.815. The van der Waals surface area contributed by atoms with Gasteiger partial charge in [0, 0.05) is 6.42 Å². The molecule has 1 fully saturated rings. The molecule has 0 radical (unpaired) electrons. The highest BCUT2D eigenvalue weighted by Gasteiger charge is 2.46. The normalized spacial score (nSPS) is 22.8. The maximum Gasteiger partial charge on any atom is 0.411 e. The molecular weight excluding hydrogens is 260 g/mol. The Bertz CT molecular complexity index is 365. The van der Waals surface area contributed by atoms with Crippen molar-refractivity contribution in [3.05, 3.63) is 0 Å². The molecule has 0 aromatic rings. The number of rotatable bonds is 1. The van der Waals surface area contributed by atoms with Crippen LogP contribution < -0.4 is 0 Å². The minimum atomic E-state index is -3.01. The molecule has 0 N–H and O–H groups in total. The fraction of sp³-hybridized carbons (Fsp3) is 0.833. The monoisotopic (exact) mass is 279 g/mol. The molecule has 0 aromatic carbocycles. The highest BCUT2D eigenvalue weighted by molar-refractivity contribution is 5.81. The molecule has 0 saturated carbocycles. The van der Waals surface area contributed by atoms with Crippen LogP contribution in [0.3, 0.4) is 0 Å². The van der Waals surface area contributed by atoms with Crippen LogP contribution in [0.4, 0.5) is 13.6 Å². The second-order valence-corrected chi connectivity index (χ2v) is 5.54. The number of likely N-dealkylation sites (tertiary alicyclic amines) is 1. The minimum absolute atomic E-state index is 0.140. The average molecular weight is 279 g/mol. The van der Waals surface area contributed by atoms with E-state index in [1.165, 1.54) is 0 Å². The van der Waals surface area contributed by atoms with Crippen molar-refractivity contribution in [1.82, 2.24) is 4.90 Å². The van der Waals surface area contributed by atoms with E-state index in [0.29, 0.717) is 0 Å². The van der Waals surface area contributed by atoms with E-state index in [1.54, 1.807) is 20.8 Å². The quantitative estimate of drug-likeness (QED) is 0.690. The van der Waals surface area contributed by atoms with Gasteiger partial charge in [0.2, 0.25) is 0 Å². The van der Waals surface area contributed by atoms with Crippen LogP contribution in [0.2, 0.25) is 0 Å². The van der Waals surface area contributed by atoms with E-state index < -0.39 is 42.6 Å². The van der Waals surface area contributed by atoms with Gasteiger partial charge in [-0.25, -0.2) is 18.4 Å². The summed E-state index contributed by atoms with van der Waals surface area (Å²) in [7, 11) is 1.16. The maximum absolute atomic E-state index is 13.4. The highest BCUT2D eigenvalue weighted by Crippen LogP contribution is 2.31. The number of hydrogen-bond acceptors (Lipinski definition) is 4. The van der Waals surface area contributed by atoms with Crippen molar-refractivity contribution >= 4 is 12.1 Å². The van der Waals surface area contributed by atoms with Crippen molar-refractivity contribution in [3.8, 4) is 0 Å². The predicted octanol–water partition coefficient (Wildman–Crippen LogP) is 2.19. The number of hydrogen-bond donors (Lipinski definition) is 0. The molecule has 0 aliphatic carbocycles. The number of ether oxygens (including phenoxy) is 2. The number of alkyl halides is 2. The smallest absolute Gasteiger partial charge is 0.411 e. The molecule has 110 valence electrons. The van der Waals surface area contributed by atoms with Gasteiger partial charge in [0.1, 0.15) is 11.6 Å². The van der Waals surface area contributed by atoms with Gasteiger partial charge < -0.3 is 9.47 Å². The van der Waals surface area contributed by atoms with Crippen molar-refractivity contribution in [2.75, 3.05) is 13.7 Å². The van der Waals surface area contributed by atoms with Crippen molar-refractivity contribution in [3.63, 3.8) is 0 Å². The van der Waals surface area contributed by atoms with Crippen LogP contribution in [0.5, 0.6) is 0 Å². The first-order valence-corrected chi connectivity index (χ1v) is 6.01. The topological polar surface area (TPSA) is 55.8 Å². The van der Waals surface area contributed by atoms with E-state index in [-0.39, 0.29) is 6.42 Å². The van der Waals surface area contributed by atoms with Gasteiger partial charge in [0.15, 0.2) is 0 Å². The molecule has 0 unspecified atom stereocenters. The van der Waals surface area contributed by atoms with Gasteiger partial charge in [-0.2, -0.15) is 0 Å². The van der Waals surface area contributed by atoms with Crippen molar-refractivity contribution in [1.29, 1.82) is 0 Å². The van der Waals surface area contributed by atoms with E-state index in [4.69, 9.17) is 4.74 Å². The molecule has 1 aliphatic heterocycles. The Labute approximate surface area is 110 Å². The molecule has 1 atom stereocenters. The molecule has 0 spiro atoms. The number of carbonyl (C=O) groups excluding carboxylic acids is 2. The van der Waals surface area contributed by atoms with Crippen LogP contribution >= 0.6 is 0 Å². The Morgan fingerprint density at radius 1 is 1.32 bits per heavy atom. The van der Waals surface area contributed by atoms with Gasteiger partial charge in [-0.05, 0) is 27.2 Å². The van der Waals surface area contributed by atoms with E-state index >= 15 is 0 Å². The molecule has 1 saturated heterocycles. The second kappa shape index (κ2) is 5.30. The number of methoxy groups -OCH3 is 1. The molecule has 0 bridgehead atoms. The van der Waals surface area contributed by atoms with Gasteiger partial charge in [-0.1, -0.05) is 0 Å². The molecular formula is C12H19F2NO4. The summed E-state index contributed by atoms with van der Waals surface area (Å²) < 4.78 is 36.4. The van der Waals surface area contributed by atoms with Gasteiger partial charge in [-0.3, -0.25) is 4.90 Å². The van der Waals surface area contributed by atoms with Crippen LogP contribution in [-0.2, 0) is 14.3 Å². The third-order valence-corrected chi connectivity index (χ3v) is 2.66. The lowest BCUT2D eigenvalue weighted by molar-refractivity contribution is -0.154. The third-order valence-electron chi connectivity index (χ3n) is 2.66. The largest absolute Gasteiger partial charge is 0.467 e. The number of carbonyl (C=O) groups is 2. The summed E-state index contributed by atoms with van der Waals surface area (Å²) in [6.45, 7) is 4.04. The van der Waals surface area contributed by atoms with Crippen LogP contribution in [0.15, 0.2) is 0 Å². The molecule has 1 heterocycles. The molecule has 1 aliphatic rings. The Morgan fingerprint density at radius 2 is 1.89 bits per heavy atom. The minimum Gasteiger partial charge on any atom is -0.467 e. The fourth-order valence-electron chi connectivity index (χ4n) is 1.84.